The van der Waals surface area contributed by atoms with Gasteiger partial charge < -0.3 is 15.0 Å². The van der Waals surface area contributed by atoms with Gasteiger partial charge >= 0.3 is 6.18 Å². The lowest BCUT2D eigenvalue weighted by Crippen LogP contribution is -2.48. The van der Waals surface area contributed by atoms with Crippen LogP contribution in [0.25, 0.3) is 5.65 Å². The molecule has 172 valence electrons. The fourth-order valence-electron chi connectivity index (χ4n) is 4.69. The number of pyridine rings is 1. The van der Waals surface area contributed by atoms with Crippen LogP contribution in [0.3, 0.4) is 0 Å². The molecule has 0 aromatic carbocycles. The van der Waals surface area contributed by atoms with Crippen molar-refractivity contribution in [2.45, 2.75) is 44.8 Å². The molecule has 8 nitrogen and oxygen atoms in total. The molecule has 0 radical (unpaired) electrons. The van der Waals surface area contributed by atoms with Crippen LogP contribution in [0, 0.1) is 18.8 Å². The van der Waals surface area contributed by atoms with E-state index >= 15 is 0 Å². The molecule has 12 heteroatoms. The van der Waals surface area contributed by atoms with Crippen molar-refractivity contribution in [2.24, 2.45) is 11.8 Å². The second kappa shape index (κ2) is 8.38. The number of rotatable bonds is 7. The van der Waals surface area contributed by atoms with Gasteiger partial charge in [0.15, 0.2) is 11.4 Å². The topological polar surface area (TPSA) is 80.5 Å². The number of nitrogens with zero attached hydrogens (tertiary/aromatic N) is 6. The summed E-state index contributed by atoms with van der Waals surface area (Å²) in [5.74, 6) is 2.67. The Hall–Kier alpha value is -2.63. The predicted octanol–water partition coefficient (Wildman–Crippen LogP) is 3.94. The number of anilines is 2. The molecule has 3 aromatic rings. The minimum atomic E-state index is -4.18. The standard InChI is InChI=1S/C20H24F3N7OS/c1-12-24-19(32-28-12)29-10-13-5-6-14(11-29)16(13)25-18-26-17-15(4-2-8-30(17)27-18)31-9-3-7-20(21,22)23/h2,4,8,13-14,16H,3,5-7,9-11H2,1H3,(H,25,27)/t13-,14+,16-. The minimum absolute atomic E-state index is 0.0253. The van der Waals surface area contributed by atoms with E-state index in [1.165, 1.54) is 11.5 Å². The van der Waals surface area contributed by atoms with Crippen LogP contribution in [-0.4, -0.2) is 55.9 Å². The highest BCUT2D eigenvalue weighted by atomic mass is 32.1. The average Bonchev–Trinajstić information content (AvgIpc) is 3.41. The molecule has 1 saturated heterocycles. The second-order valence-electron chi connectivity index (χ2n) is 8.44. The molecular weight excluding hydrogens is 443 g/mol. The van der Waals surface area contributed by atoms with Gasteiger partial charge in [-0.3, -0.25) is 0 Å². The Balaban J connectivity index is 1.25. The third-order valence-electron chi connectivity index (χ3n) is 6.11. The van der Waals surface area contributed by atoms with E-state index in [4.69, 9.17) is 4.74 Å². The maximum absolute atomic E-state index is 12.4. The van der Waals surface area contributed by atoms with Crippen LogP contribution in [-0.2, 0) is 0 Å². The van der Waals surface area contributed by atoms with Gasteiger partial charge in [-0.15, -0.1) is 5.10 Å². The first-order valence-electron chi connectivity index (χ1n) is 10.7. The number of aromatic nitrogens is 5. The molecule has 2 fully saturated rings. The molecule has 32 heavy (non-hydrogen) atoms. The van der Waals surface area contributed by atoms with Crippen LogP contribution in [0.4, 0.5) is 24.3 Å². The lowest BCUT2D eigenvalue weighted by Gasteiger charge is -2.37. The molecule has 0 spiro atoms. The highest BCUT2D eigenvalue weighted by Crippen LogP contribution is 2.40. The molecule has 1 aliphatic carbocycles. The van der Waals surface area contributed by atoms with Crippen molar-refractivity contribution in [3.8, 4) is 5.75 Å². The lowest BCUT2D eigenvalue weighted by atomic mass is 9.92. The summed E-state index contributed by atoms with van der Waals surface area (Å²) < 4.78 is 48.5. The van der Waals surface area contributed by atoms with Crippen molar-refractivity contribution >= 4 is 28.3 Å². The van der Waals surface area contributed by atoms with Crippen LogP contribution >= 0.6 is 11.5 Å². The number of hydrogen-bond donors (Lipinski definition) is 1. The number of ether oxygens (including phenoxy) is 1. The highest BCUT2D eigenvalue weighted by molar-refractivity contribution is 7.09. The summed E-state index contributed by atoms with van der Waals surface area (Å²) in [5.41, 5.74) is 0.496. The summed E-state index contributed by atoms with van der Waals surface area (Å²) in [4.78, 5) is 11.4. The number of halogens is 3. The largest absolute Gasteiger partial charge is 0.490 e. The average molecular weight is 468 g/mol. The Bertz CT molecular complexity index is 1070. The quantitative estimate of drug-likeness (QED) is 0.527. The van der Waals surface area contributed by atoms with Gasteiger partial charge in [-0.1, -0.05) is 0 Å². The second-order valence-corrected chi connectivity index (χ2v) is 9.17. The van der Waals surface area contributed by atoms with E-state index in [1.54, 1.807) is 22.8 Å². The SMILES string of the molecule is Cc1nsc(N2C[C@H]3CC[C@@H](C2)[C@@H]3Nc2nc3c(OCCCC(F)(F)F)cccn3n2)n1. The van der Waals surface area contributed by atoms with Crippen molar-refractivity contribution in [2.75, 3.05) is 29.9 Å². The Kier molecular flexibility index (Phi) is 5.56. The third-order valence-corrected chi connectivity index (χ3v) is 6.97. The number of fused-ring (bicyclic) bond motifs is 3. The molecular formula is C20H24F3N7OS. The first kappa shape index (κ1) is 21.2. The van der Waals surface area contributed by atoms with E-state index in [-0.39, 0.29) is 19.1 Å². The van der Waals surface area contributed by atoms with E-state index in [1.807, 2.05) is 6.92 Å². The van der Waals surface area contributed by atoms with E-state index in [0.717, 1.165) is 36.9 Å². The summed E-state index contributed by atoms with van der Waals surface area (Å²) in [6.07, 6.45) is -1.11. The van der Waals surface area contributed by atoms with Gasteiger partial charge in [0.2, 0.25) is 11.1 Å². The van der Waals surface area contributed by atoms with Crippen molar-refractivity contribution in [3.05, 3.63) is 24.2 Å². The van der Waals surface area contributed by atoms with E-state index in [0.29, 0.717) is 29.2 Å². The zero-order valence-electron chi connectivity index (χ0n) is 17.5. The minimum Gasteiger partial charge on any atom is -0.490 e. The maximum Gasteiger partial charge on any atom is 0.389 e. The van der Waals surface area contributed by atoms with Crippen LogP contribution in [0.5, 0.6) is 5.75 Å². The Morgan fingerprint density at radius 2 is 2.00 bits per heavy atom. The number of piperidine rings is 1. The zero-order valence-corrected chi connectivity index (χ0v) is 18.4. The Labute approximate surface area is 187 Å². The predicted molar refractivity (Wildman–Crippen MR) is 114 cm³/mol. The number of alkyl halides is 3. The fourth-order valence-corrected chi connectivity index (χ4v) is 5.38. The van der Waals surface area contributed by atoms with Gasteiger partial charge in [-0.2, -0.15) is 22.5 Å². The van der Waals surface area contributed by atoms with Gasteiger partial charge in [0.1, 0.15) is 5.82 Å². The summed E-state index contributed by atoms with van der Waals surface area (Å²) in [6.45, 7) is 3.72. The number of hydrogen-bond acceptors (Lipinski definition) is 8. The Morgan fingerprint density at radius 1 is 1.22 bits per heavy atom. The monoisotopic (exact) mass is 467 g/mol. The smallest absolute Gasteiger partial charge is 0.389 e. The van der Waals surface area contributed by atoms with Crippen molar-refractivity contribution in [1.29, 1.82) is 0 Å². The van der Waals surface area contributed by atoms with Gasteiger partial charge in [0.05, 0.1) is 6.61 Å². The van der Waals surface area contributed by atoms with Crippen molar-refractivity contribution in [1.82, 2.24) is 24.0 Å². The van der Waals surface area contributed by atoms with Gasteiger partial charge in [0, 0.05) is 43.3 Å². The summed E-state index contributed by atoms with van der Waals surface area (Å²) in [5, 5.41) is 9.01. The number of nitrogens with one attached hydrogen (secondary N) is 1. The molecule has 2 bridgehead atoms. The molecule has 3 atom stereocenters. The maximum atomic E-state index is 12.4. The van der Waals surface area contributed by atoms with Gasteiger partial charge in [-0.05, 0) is 50.2 Å². The van der Waals surface area contributed by atoms with Gasteiger partial charge in [-0.25, -0.2) is 9.50 Å². The van der Waals surface area contributed by atoms with E-state index in [2.05, 4.69) is 29.7 Å². The summed E-state index contributed by atoms with van der Waals surface area (Å²) in [6, 6.07) is 3.72. The highest BCUT2D eigenvalue weighted by Gasteiger charge is 2.43. The fraction of sp³-hybridized carbons (Fsp3) is 0.600. The third kappa shape index (κ3) is 4.45. The molecule has 2 aliphatic rings. The van der Waals surface area contributed by atoms with E-state index < -0.39 is 12.6 Å². The van der Waals surface area contributed by atoms with Crippen LogP contribution < -0.4 is 15.0 Å². The van der Waals surface area contributed by atoms with Crippen molar-refractivity contribution < 1.29 is 17.9 Å². The Morgan fingerprint density at radius 3 is 2.69 bits per heavy atom. The normalized spacial score (nSPS) is 23.1. The number of aryl methyl sites for hydroxylation is 1. The molecule has 3 aromatic heterocycles. The summed E-state index contributed by atoms with van der Waals surface area (Å²) >= 11 is 1.45. The first-order valence-corrected chi connectivity index (χ1v) is 11.5. The molecule has 1 aliphatic heterocycles. The first-order chi connectivity index (χ1) is 15.4. The molecule has 1 saturated carbocycles. The van der Waals surface area contributed by atoms with Crippen molar-refractivity contribution in [3.63, 3.8) is 0 Å². The van der Waals surface area contributed by atoms with Gasteiger partial charge in [0.25, 0.3) is 0 Å². The molecule has 4 heterocycles. The lowest BCUT2D eigenvalue weighted by molar-refractivity contribution is -0.136. The molecule has 0 unspecified atom stereocenters. The molecule has 5 rings (SSSR count). The molecule has 0 amide bonds. The van der Waals surface area contributed by atoms with Crippen LogP contribution in [0.1, 0.15) is 31.5 Å². The summed E-state index contributed by atoms with van der Waals surface area (Å²) in [7, 11) is 0. The van der Waals surface area contributed by atoms with E-state index in [9.17, 15) is 13.2 Å². The zero-order chi connectivity index (χ0) is 22.3. The molecule has 1 N–H and O–H groups in total. The van der Waals surface area contributed by atoms with Crippen LogP contribution in [0.15, 0.2) is 18.3 Å². The van der Waals surface area contributed by atoms with Crippen LogP contribution in [0.2, 0.25) is 0 Å².